The lowest BCUT2D eigenvalue weighted by Gasteiger charge is -2.28. The maximum absolute atomic E-state index is 14.6. The van der Waals surface area contributed by atoms with Crippen LogP contribution in [0.4, 0.5) is 4.39 Å². The minimum Gasteiger partial charge on any atom is -0.493 e. The molecule has 134 valence electrons. The zero-order valence-electron chi connectivity index (χ0n) is 13.0. The minimum atomic E-state index is -4.14. The molecule has 2 N–H and O–H groups in total. The Balaban J connectivity index is 1.73. The first-order chi connectivity index (χ1) is 11.3. The lowest BCUT2D eigenvalue weighted by molar-refractivity contribution is -0.191. The van der Waals surface area contributed by atoms with Crippen molar-refractivity contribution in [3.8, 4) is 11.5 Å². The Morgan fingerprint density at radius 3 is 2.83 bits per heavy atom. The highest BCUT2D eigenvalue weighted by atomic mass is 31.2. The number of benzene rings is 1. The van der Waals surface area contributed by atoms with Crippen molar-refractivity contribution in [2.75, 3.05) is 13.7 Å². The normalized spacial score (nSPS) is 38.5. The van der Waals surface area contributed by atoms with Gasteiger partial charge in [0.1, 0.15) is 18.8 Å². The summed E-state index contributed by atoms with van der Waals surface area (Å²) in [7, 11) is -2.72. The van der Waals surface area contributed by atoms with Crippen molar-refractivity contribution in [1.82, 2.24) is 0 Å². The number of ether oxygens (including phenoxy) is 2. The highest BCUT2D eigenvalue weighted by molar-refractivity contribution is 7.49. The number of alkyl halides is 1. The molecule has 0 amide bonds. The minimum absolute atomic E-state index is 0.0778. The van der Waals surface area contributed by atoms with E-state index >= 15 is 0 Å². The molecule has 24 heavy (non-hydrogen) atoms. The topological polar surface area (TPSA) is 104 Å². The third kappa shape index (κ3) is 3.03. The van der Waals surface area contributed by atoms with E-state index in [-0.39, 0.29) is 12.4 Å². The van der Waals surface area contributed by atoms with Crippen LogP contribution in [0, 0.1) is 0 Å². The Morgan fingerprint density at radius 2 is 2.21 bits per heavy atom. The summed E-state index contributed by atoms with van der Waals surface area (Å²) in [6.45, 7) is 0.384. The van der Waals surface area contributed by atoms with Gasteiger partial charge < -0.3 is 24.2 Å². The van der Waals surface area contributed by atoms with Crippen LogP contribution < -0.4 is 9.26 Å². The van der Waals surface area contributed by atoms with Crippen LogP contribution in [0.3, 0.4) is 0 Å². The first-order valence-electron chi connectivity index (χ1n) is 7.25. The number of para-hydroxylation sites is 1. The van der Waals surface area contributed by atoms with E-state index in [9.17, 15) is 19.2 Å². The van der Waals surface area contributed by atoms with E-state index < -0.39 is 38.6 Å². The molecule has 8 nitrogen and oxygen atoms in total. The predicted molar refractivity (Wildman–Crippen MR) is 78.4 cm³/mol. The second-order valence-electron chi connectivity index (χ2n) is 5.58. The molecule has 0 radical (unpaired) electrons. The van der Waals surface area contributed by atoms with Crippen LogP contribution >= 0.6 is 7.82 Å². The summed E-state index contributed by atoms with van der Waals surface area (Å²) in [4.78, 5) is 0. The van der Waals surface area contributed by atoms with Crippen LogP contribution in [-0.4, -0.2) is 48.1 Å². The van der Waals surface area contributed by atoms with E-state index in [1.807, 2.05) is 0 Å². The Labute approximate surface area is 137 Å². The number of aliphatic hydroxyl groups is 2. The summed E-state index contributed by atoms with van der Waals surface area (Å²) in [5.74, 6) is -2.20. The number of phosphoric acid groups is 1. The van der Waals surface area contributed by atoms with E-state index in [0.717, 1.165) is 0 Å². The molecular formula is C14H18FO8P. The van der Waals surface area contributed by atoms with Gasteiger partial charge in [-0.3, -0.25) is 9.05 Å². The van der Waals surface area contributed by atoms with Gasteiger partial charge in [0.05, 0.1) is 19.8 Å². The molecule has 1 fully saturated rings. The Kier molecular flexibility index (Phi) is 4.59. The van der Waals surface area contributed by atoms with Crippen LogP contribution in [0.2, 0.25) is 0 Å². The van der Waals surface area contributed by atoms with Crippen molar-refractivity contribution in [3.63, 3.8) is 0 Å². The molecule has 0 aromatic heterocycles. The number of halogens is 1. The molecule has 0 saturated carbocycles. The molecule has 0 spiro atoms. The van der Waals surface area contributed by atoms with Gasteiger partial charge in [-0.15, -0.1) is 0 Å². The summed E-state index contributed by atoms with van der Waals surface area (Å²) in [6, 6.07) is 5.01. The molecule has 2 heterocycles. The first-order valence-corrected chi connectivity index (χ1v) is 8.71. The molecule has 2 aliphatic heterocycles. The van der Waals surface area contributed by atoms with Gasteiger partial charge in [-0.05, 0) is 13.0 Å². The van der Waals surface area contributed by atoms with E-state index in [4.69, 9.17) is 23.0 Å². The van der Waals surface area contributed by atoms with Crippen molar-refractivity contribution < 1.29 is 42.2 Å². The van der Waals surface area contributed by atoms with E-state index in [1.165, 1.54) is 14.0 Å². The van der Waals surface area contributed by atoms with Crippen molar-refractivity contribution >= 4 is 7.82 Å². The molecule has 1 aromatic rings. The van der Waals surface area contributed by atoms with E-state index in [0.29, 0.717) is 11.3 Å². The van der Waals surface area contributed by atoms with Gasteiger partial charge in [-0.25, -0.2) is 8.96 Å². The summed E-state index contributed by atoms with van der Waals surface area (Å²) >= 11 is 0. The van der Waals surface area contributed by atoms with E-state index in [2.05, 4.69) is 0 Å². The van der Waals surface area contributed by atoms with Gasteiger partial charge in [0, 0.05) is 5.56 Å². The zero-order valence-corrected chi connectivity index (χ0v) is 13.9. The van der Waals surface area contributed by atoms with Gasteiger partial charge in [-0.1, -0.05) is 12.1 Å². The highest BCUT2D eigenvalue weighted by Gasteiger charge is 2.55. The van der Waals surface area contributed by atoms with Crippen molar-refractivity contribution in [2.24, 2.45) is 0 Å². The molecule has 1 unspecified atom stereocenters. The standard InChI is InChI=1S/C14H18FO8P/c1-8-11(16)13(17)14(15,22-8)7-21-24(18)20-6-9-4-3-5-10(19-2)12(9)23-24/h3-5,8,11,13,16-17H,6-7H2,1-2H3/t8-,11-,13-,14+,24?/m0/s1. The third-order valence-corrected chi connectivity index (χ3v) is 5.21. The van der Waals surface area contributed by atoms with Crippen molar-refractivity contribution in [2.45, 2.75) is 37.7 Å². The summed E-state index contributed by atoms with van der Waals surface area (Å²) in [5, 5.41) is 19.3. The molecule has 1 aromatic carbocycles. The number of methoxy groups -OCH3 is 1. The lowest BCUT2D eigenvalue weighted by Crippen LogP contribution is -2.43. The number of hydrogen-bond acceptors (Lipinski definition) is 8. The van der Waals surface area contributed by atoms with Gasteiger partial charge >= 0.3 is 7.82 Å². The lowest BCUT2D eigenvalue weighted by atomic mass is 10.1. The second-order valence-corrected chi connectivity index (χ2v) is 7.17. The summed E-state index contributed by atoms with van der Waals surface area (Å²) < 4.78 is 52.4. The summed E-state index contributed by atoms with van der Waals surface area (Å²) in [5.41, 5.74) is 0.598. The fourth-order valence-electron chi connectivity index (χ4n) is 2.54. The largest absolute Gasteiger partial charge is 0.530 e. The monoisotopic (exact) mass is 364 g/mol. The van der Waals surface area contributed by atoms with Crippen LogP contribution in [0.5, 0.6) is 11.5 Å². The average Bonchev–Trinajstić information content (AvgIpc) is 2.76. The number of fused-ring (bicyclic) bond motifs is 1. The molecule has 5 atom stereocenters. The zero-order chi connectivity index (χ0) is 17.5. The predicted octanol–water partition coefficient (Wildman–Crippen LogP) is 1.54. The molecule has 0 aliphatic carbocycles. The van der Waals surface area contributed by atoms with Crippen LogP contribution in [0.15, 0.2) is 18.2 Å². The van der Waals surface area contributed by atoms with E-state index in [1.54, 1.807) is 18.2 Å². The smallest absolute Gasteiger partial charge is 0.493 e. The first kappa shape index (κ1) is 17.6. The van der Waals surface area contributed by atoms with Crippen molar-refractivity contribution in [1.29, 1.82) is 0 Å². The maximum atomic E-state index is 14.6. The Bertz CT molecular complexity index is 656. The van der Waals surface area contributed by atoms with Crippen LogP contribution in [0.25, 0.3) is 0 Å². The number of hydrogen-bond donors (Lipinski definition) is 2. The average molecular weight is 364 g/mol. The van der Waals surface area contributed by atoms with Gasteiger partial charge in [0.15, 0.2) is 11.5 Å². The SMILES string of the molecule is COc1cccc2c1OP(=O)(OC[C@@]1(F)O[C@@H](C)[C@H](O)[C@@H]1O)OC2. The number of rotatable bonds is 4. The van der Waals surface area contributed by atoms with Gasteiger partial charge in [-0.2, -0.15) is 0 Å². The number of aliphatic hydroxyl groups excluding tert-OH is 2. The molecule has 3 rings (SSSR count). The quantitative estimate of drug-likeness (QED) is 0.776. The molecule has 1 saturated heterocycles. The second kappa shape index (κ2) is 6.25. The van der Waals surface area contributed by atoms with Crippen LogP contribution in [-0.2, 0) is 25.0 Å². The molecular weight excluding hydrogens is 346 g/mol. The maximum Gasteiger partial charge on any atom is 0.530 e. The fraction of sp³-hybridized carbons (Fsp3) is 0.571. The fourth-order valence-corrected chi connectivity index (χ4v) is 3.78. The summed E-state index contributed by atoms with van der Waals surface area (Å²) in [6.07, 6.45) is -4.21. The highest BCUT2D eigenvalue weighted by Crippen LogP contribution is 2.57. The molecule has 0 bridgehead atoms. The van der Waals surface area contributed by atoms with Crippen LogP contribution in [0.1, 0.15) is 12.5 Å². The van der Waals surface area contributed by atoms with Gasteiger partial charge in [0.2, 0.25) is 0 Å². The van der Waals surface area contributed by atoms with Gasteiger partial charge in [0.25, 0.3) is 5.85 Å². The third-order valence-electron chi connectivity index (χ3n) is 3.91. The van der Waals surface area contributed by atoms with Crippen molar-refractivity contribution in [3.05, 3.63) is 23.8 Å². The Hall–Kier alpha value is -1.22. The molecule has 10 heteroatoms. The molecule has 2 aliphatic rings. The number of phosphoric ester groups is 1. The Morgan fingerprint density at radius 1 is 1.46 bits per heavy atom.